The second-order valence-corrected chi connectivity index (χ2v) is 4.46. The monoisotopic (exact) mass is 224 g/mol. The van der Waals surface area contributed by atoms with Gasteiger partial charge < -0.3 is 4.74 Å². The summed E-state index contributed by atoms with van der Waals surface area (Å²) in [6.07, 6.45) is 3.37. The third-order valence-corrected chi connectivity index (χ3v) is 3.13. The van der Waals surface area contributed by atoms with Crippen LogP contribution in [0.3, 0.4) is 0 Å². The van der Waals surface area contributed by atoms with Gasteiger partial charge in [-0.2, -0.15) is 0 Å². The zero-order valence-corrected chi connectivity index (χ0v) is 10.1. The molecule has 1 aliphatic carbocycles. The molecule has 0 radical (unpaired) electrons. The third kappa shape index (κ3) is 3.19. The topological polar surface area (TPSA) is 43.4 Å². The van der Waals surface area contributed by atoms with Gasteiger partial charge in [0.15, 0.2) is 0 Å². The Morgan fingerprint density at radius 3 is 2.81 bits per heavy atom. The van der Waals surface area contributed by atoms with Gasteiger partial charge in [-0.25, -0.2) is 4.79 Å². The van der Waals surface area contributed by atoms with E-state index in [1.807, 2.05) is 6.92 Å². The van der Waals surface area contributed by atoms with Crippen LogP contribution in [-0.2, 0) is 14.3 Å². The molecule has 1 saturated carbocycles. The Morgan fingerprint density at radius 2 is 2.19 bits per heavy atom. The minimum Gasteiger partial charge on any atom is -0.463 e. The number of hydrogen-bond donors (Lipinski definition) is 0. The maximum atomic E-state index is 11.8. The first-order valence-electron chi connectivity index (χ1n) is 5.94. The summed E-state index contributed by atoms with van der Waals surface area (Å²) in [5.74, 6) is 0.0135. The van der Waals surface area contributed by atoms with Crippen LogP contribution in [0.25, 0.3) is 0 Å². The highest BCUT2D eigenvalue weighted by Gasteiger charge is 2.29. The first-order chi connectivity index (χ1) is 7.56. The van der Waals surface area contributed by atoms with E-state index in [0.29, 0.717) is 18.6 Å². The molecule has 1 fully saturated rings. The molecule has 0 aromatic heterocycles. The van der Waals surface area contributed by atoms with Crippen LogP contribution in [0.1, 0.15) is 39.5 Å². The Bertz CT molecular complexity index is 294. The van der Waals surface area contributed by atoms with E-state index >= 15 is 0 Å². The average molecular weight is 224 g/mol. The fraction of sp³-hybridized carbons (Fsp3) is 0.692. The Labute approximate surface area is 96.9 Å². The molecule has 2 atom stereocenters. The van der Waals surface area contributed by atoms with Gasteiger partial charge in [-0.15, -0.1) is 0 Å². The molecule has 1 aliphatic rings. The number of Topliss-reactive ketones (excluding diaryl/α,β-unsaturated/α-hetero) is 1. The van der Waals surface area contributed by atoms with Crippen molar-refractivity contribution in [1.82, 2.24) is 0 Å². The predicted molar refractivity (Wildman–Crippen MR) is 61.9 cm³/mol. The number of rotatable bonds is 4. The number of ketones is 1. The molecule has 0 heterocycles. The highest BCUT2D eigenvalue weighted by Crippen LogP contribution is 2.29. The van der Waals surface area contributed by atoms with E-state index in [1.165, 1.54) is 0 Å². The van der Waals surface area contributed by atoms with Crippen molar-refractivity contribution in [1.29, 1.82) is 0 Å². The molecule has 0 aromatic carbocycles. The highest BCUT2D eigenvalue weighted by atomic mass is 16.5. The maximum absolute atomic E-state index is 11.8. The van der Waals surface area contributed by atoms with Gasteiger partial charge in [-0.05, 0) is 26.2 Å². The smallest absolute Gasteiger partial charge is 0.333 e. The molecule has 0 amide bonds. The number of ether oxygens (including phenoxy) is 1. The summed E-state index contributed by atoms with van der Waals surface area (Å²) in [6, 6.07) is 0. The van der Waals surface area contributed by atoms with Gasteiger partial charge in [0.05, 0.1) is 6.61 Å². The van der Waals surface area contributed by atoms with Crippen molar-refractivity contribution in [3.63, 3.8) is 0 Å². The van der Waals surface area contributed by atoms with Crippen LogP contribution in [0.4, 0.5) is 0 Å². The quantitative estimate of drug-likeness (QED) is 0.544. The largest absolute Gasteiger partial charge is 0.463 e. The van der Waals surface area contributed by atoms with Crippen LogP contribution in [0, 0.1) is 11.8 Å². The summed E-state index contributed by atoms with van der Waals surface area (Å²) >= 11 is 0. The lowest BCUT2D eigenvalue weighted by Gasteiger charge is -2.25. The van der Waals surface area contributed by atoms with Gasteiger partial charge in [0.1, 0.15) is 5.78 Å². The van der Waals surface area contributed by atoms with Crippen LogP contribution in [0.2, 0.25) is 0 Å². The van der Waals surface area contributed by atoms with Crippen molar-refractivity contribution in [2.45, 2.75) is 39.5 Å². The summed E-state index contributed by atoms with van der Waals surface area (Å²) in [5, 5.41) is 0. The SMILES string of the molecule is C=C(C[C@H]1CCC[C@H](C)C1=O)C(=O)OCC. The zero-order chi connectivity index (χ0) is 12.1. The number of hydrogen-bond acceptors (Lipinski definition) is 3. The Hall–Kier alpha value is -1.12. The van der Waals surface area contributed by atoms with Crippen LogP contribution in [0.15, 0.2) is 12.2 Å². The van der Waals surface area contributed by atoms with Gasteiger partial charge in [-0.3, -0.25) is 4.79 Å². The lowest BCUT2D eigenvalue weighted by Crippen LogP contribution is -2.27. The minimum absolute atomic E-state index is 0.0272. The Kier molecular flexibility index (Phi) is 4.71. The third-order valence-electron chi connectivity index (χ3n) is 3.13. The van der Waals surface area contributed by atoms with Gasteiger partial charge in [0, 0.05) is 17.4 Å². The van der Waals surface area contributed by atoms with Gasteiger partial charge in [-0.1, -0.05) is 19.9 Å². The van der Waals surface area contributed by atoms with E-state index < -0.39 is 0 Å². The highest BCUT2D eigenvalue weighted by molar-refractivity contribution is 5.90. The molecule has 0 aliphatic heterocycles. The van der Waals surface area contributed by atoms with Crippen molar-refractivity contribution in [2.75, 3.05) is 6.61 Å². The van der Waals surface area contributed by atoms with Gasteiger partial charge >= 0.3 is 5.97 Å². The fourth-order valence-electron chi connectivity index (χ4n) is 2.17. The van der Waals surface area contributed by atoms with Gasteiger partial charge in [0.2, 0.25) is 0 Å². The molecule has 1 rings (SSSR count). The summed E-state index contributed by atoms with van der Waals surface area (Å²) in [4.78, 5) is 23.2. The minimum atomic E-state index is -0.367. The average Bonchev–Trinajstić information content (AvgIpc) is 2.25. The van der Waals surface area contributed by atoms with Gasteiger partial charge in [0.25, 0.3) is 0 Å². The zero-order valence-electron chi connectivity index (χ0n) is 10.1. The summed E-state index contributed by atoms with van der Waals surface area (Å²) < 4.78 is 4.86. The molecule has 0 bridgehead atoms. The van der Waals surface area contributed by atoms with Crippen LogP contribution in [-0.4, -0.2) is 18.4 Å². The summed E-state index contributed by atoms with van der Waals surface area (Å²) in [7, 11) is 0. The lowest BCUT2D eigenvalue weighted by molar-refractivity contribution is -0.138. The fourth-order valence-corrected chi connectivity index (χ4v) is 2.17. The number of esters is 1. The standard InChI is InChI=1S/C13H20O3/c1-4-16-13(15)10(3)8-11-7-5-6-9(2)12(11)14/h9,11H,3-8H2,1-2H3/t9-,11+/m0/s1. The van der Waals surface area contributed by atoms with Crippen molar-refractivity contribution in [2.24, 2.45) is 11.8 Å². The van der Waals surface area contributed by atoms with Crippen LogP contribution < -0.4 is 0 Å². The second kappa shape index (κ2) is 5.83. The summed E-state index contributed by atoms with van der Waals surface area (Å²) in [6.45, 7) is 7.78. The van der Waals surface area contributed by atoms with E-state index in [9.17, 15) is 9.59 Å². The summed E-state index contributed by atoms with van der Waals surface area (Å²) in [5.41, 5.74) is 0.425. The molecule has 0 spiro atoms. The Morgan fingerprint density at radius 1 is 1.50 bits per heavy atom. The van der Waals surface area contributed by atoms with E-state index in [-0.39, 0.29) is 23.6 Å². The molecule has 16 heavy (non-hydrogen) atoms. The molecule has 0 aromatic rings. The van der Waals surface area contributed by atoms with E-state index in [1.54, 1.807) is 6.92 Å². The van der Waals surface area contributed by atoms with Crippen molar-refractivity contribution in [3.05, 3.63) is 12.2 Å². The first kappa shape index (κ1) is 12.9. The van der Waals surface area contributed by atoms with E-state index in [0.717, 1.165) is 19.3 Å². The lowest BCUT2D eigenvalue weighted by atomic mass is 9.78. The first-order valence-corrected chi connectivity index (χ1v) is 5.94. The maximum Gasteiger partial charge on any atom is 0.333 e. The van der Waals surface area contributed by atoms with Crippen LogP contribution >= 0.6 is 0 Å². The predicted octanol–water partition coefficient (Wildman–Crippen LogP) is 2.50. The van der Waals surface area contributed by atoms with Crippen molar-refractivity contribution >= 4 is 11.8 Å². The molecular weight excluding hydrogens is 204 g/mol. The molecule has 0 saturated heterocycles. The number of carbonyl (C=O) groups is 2. The molecule has 3 nitrogen and oxygen atoms in total. The number of carbonyl (C=O) groups excluding carboxylic acids is 2. The van der Waals surface area contributed by atoms with E-state index in [4.69, 9.17) is 4.74 Å². The molecular formula is C13H20O3. The van der Waals surface area contributed by atoms with Crippen molar-refractivity contribution in [3.8, 4) is 0 Å². The molecule has 0 unspecified atom stereocenters. The molecule has 90 valence electrons. The van der Waals surface area contributed by atoms with Crippen molar-refractivity contribution < 1.29 is 14.3 Å². The van der Waals surface area contributed by atoms with E-state index in [2.05, 4.69) is 6.58 Å². The second-order valence-electron chi connectivity index (χ2n) is 4.46. The normalized spacial score (nSPS) is 25.2. The molecule has 0 N–H and O–H groups in total. The Balaban J connectivity index is 2.50. The molecule has 3 heteroatoms. The van der Waals surface area contributed by atoms with Crippen LogP contribution in [0.5, 0.6) is 0 Å².